The van der Waals surface area contributed by atoms with E-state index in [1.807, 2.05) is 0 Å². The molecule has 1 N–H and O–H groups in total. The summed E-state index contributed by atoms with van der Waals surface area (Å²) in [6.45, 7) is 3.28. The molecule has 8 nitrogen and oxygen atoms in total. The fourth-order valence-electron chi connectivity index (χ4n) is 2.67. The number of methoxy groups -OCH3 is 1. The van der Waals surface area contributed by atoms with Crippen molar-refractivity contribution in [2.24, 2.45) is 0 Å². The van der Waals surface area contributed by atoms with E-state index in [1.165, 1.54) is 19.3 Å². The van der Waals surface area contributed by atoms with E-state index in [-0.39, 0.29) is 16.5 Å². The molecular weight excluding hydrogens is 406 g/mol. The fourth-order valence-corrected chi connectivity index (χ4v) is 3.99. The maximum absolute atomic E-state index is 12.5. The molecule has 0 saturated carbocycles. The standard InChI is InChI=1S/C18H14ClN3O5S/c1-8-4-5-10(7-12(8)22(25)26)6-11(19)15-20-16(23)13-9(2)14(18(24)27-3)28-17(13)21-15/h4-7H,1-3H3,(H,20,21,23)/b11-6-. The monoisotopic (exact) mass is 419 g/mol. The Labute approximate surface area is 167 Å². The molecule has 0 fully saturated rings. The van der Waals surface area contributed by atoms with Crippen LogP contribution in [0.15, 0.2) is 23.0 Å². The molecule has 0 amide bonds. The lowest BCUT2D eigenvalue weighted by Gasteiger charge is -2.02. The minimum Gasteiger partial charge on any atom is -0.465 e. The first-order valence-corrected chi connectivity index (χ1v) is 9.16. The molecule has 3 aromatic rings. The van der Waals surface area contributed by atoms with E-state index in [4.69, 9.17) is 16.3 Å². The fraction of sp³-hybridized carbons (Fsp3) is 0.167. The van der Waals surface area contributed by atoms with E-state index in [0.29, 0.717) is 31.8 Å². The third-order valence-corrected chi connectivity index (χ3v) is 5.57. The highest BCUT2D eigenvalue weighted by molar-refractivity contribution is 7.20. The van der Waals surface area contributed by atoms with E-state index in [2.05, 4.69) is 9.97 Å². The lowest BCUT2D eigenvalue weighted by Crippen LogP contribution is -2.10. The van der Waals surface area contributed by atoms with Crippen LogP contribution in [0.3, 0.4) is 0 Å². The van der Waals surface area contributed by atoms with E-state index < -0.39 is 16.5 Å². The number of nitrogens with one attached hydrogen (secondary N) is 1. The van der Waals surface area contributed by atoms with Gasteiger partial charge in [-0.05, 0) is 31.1 Å². The molecule has 28 heavy (non-hydrogen) atoms. The van der Waals surface area contributed by atoms with Crippen molar-refractivity contribution in [2.75, 3.05) is 7.11 Å². The van der Waals surface area contributed by atoms with Gasteiger partial charge >= 0.3 is 5.97 Å². The number of rotatable bonds is 4. The summed E-state index contributed by atoms with van der Waals surface area (Å²) >= 11 is 7.33. The first kappa shape index (κ1) is 19.7. The Morgan fingerprint density at radius 3 is 2.75 bits per heavy atom. The number of hydrogen-bond donors (Lipinski definition) is 1. The minimum atomic E-state index is -0.546. The molecule has 1 aromatic carbocycles. The van der Waals surface area contributed by atoms with Crippen molar-refractivity contribution in [1.82, 2.24) is 9.97 Å². The second-order valence-electron chi connectivity index (χ2n) is 5.94. The third kappa shape index (κ3) is 3.54. The van der Waals surface area contributed by atoms with Crippen LogP contribution in [-0.2, 0) is 4.74 Å². The van der Waals surface area contributed by atoms with Gasteiger partial charge in [0.2, 0.25) is 0 Å². The number of aromatic amines is 1. The summed E-state index contributed by atoms with van der Waals surface area (Å²) in [4.78, 5) is 42.5. The summed E-state index contributed by atoms with van der Waals surface area (Å²) in [6, 6.07) is 4.67. The Balaban J connectivity index is 2.10. The first-order valence-electron chi connectivity index (χ1n) is 7.97. The number of esters is 1. The molecule has 2 aromatic heterocycles. The second-order valence-corrected chi connectivity index (χ2v) is 7.34. The summed E-state index contributed by atoms with van der Waals surface area (Å²) < 4.78 is 4.72. The second kappa shape index (κ2) is 7.53. The number of nitrogens with zero attached hydrogens (tertiary/aromatic N) is 2. The summed E-state index contributed by atoms with van der Waals surface area (Å²) in [5, 5.41) is 11.5. The minimum absolute atomic E-state index is 0.0354. The van der Waals surface area contributed by atoms with Gasteiger partial charge < -0.3 is 9.72 Å². The zero-order valence-corrected chi connectivity index (χ0v) is 16.6. The van der Waals surface area contributed by atoms with Crippen molar-refractivity contribution in [3.8, 4) is 0 Å². The Kier molecular flexibility index (Phi) is 5.30. The molecule has 0 aliphatic rings. The molecule has 2 heterocycles. The van der Waals surface area contributed by atoms with Gasteiger partial charge in [-0.25, -0.2) is 9.78 Å². The van der Waals surface area contributed by atoms with Gasteiger partial charge in [-0.15, -0.1) is 11.3 Å². The largest absolute Gasteiger partial charge is 0.465 e. The SMILES string of the molecule is COC(=O)c1sc2nc(/C(Cl)=C/c3ccc(C)c([N+](=O)[O-])c3)[nH]c(=O)c2c1C. The van der Waals surface area contributed by atoms with Gasteiger partial charge in [0.05, 0.1) is 22.5 Å². The van der Waals surface area contributed by atoms with Gasteiger partial charge in [0, 0.05) is 11.6 Å². The van der Waals surface area contributed by atoms with Gasteiger partial charge in [-0.1, -0.05) is 23.7 Å². The average Bonchev–Trinajstić information content (AvgIpc) is 2.99. The summed E-state index contributed by atoms with van der Waals surface area (Å²) in [7, 11) is 1.26. The molecule has 3 rings (SSSR count). The van der Waals surface area contributed by atoms with E-state index in [1.54, 1.807) is 26.0 Å². The van der Waals surface area contributed by atoms with Crippen molar-refractivity contribution < 1.29 is 14.5 Å². The van der Waals surface area contributed by atoms with Crippen LogP contribution in [0.5, 0.6) is 0 Å². The highest BCUT2D eigenvalue weighted by Gasteiger charge is 2.20. The maximum Gasteiger partial charge on any atom is 0.348 e. The zero-order chi connectivity index (χ0) is 20.6. The summed E-state index contributed by atoms with van der Waals surface area (Å²) in [6.07, 6.45) is 1.47. The molecule has 0 aliphatic carbocycles. The van der Waals surface area contributed by atoms with Crippen LogP contribution in [0.4, 0.5) is 5.69 Å². The van der Waals surface area contributed by atoms with Gasteiger partial charge in [-0.3, -0.25) is 14.9 Å². The van der Waals surface area contributed by atoms with E-state index in [0.717, 1.165) is 11.3 Å². The van der Waals surface area contributed by atoms with Crippen molar-refractivity contribution in [1.29, 1.82) is 0 Å². The van der Waals surface area contributed by atoms with Gasteiger partial charge in [0.25, 0.3) is 11.2 Å². The molecule has 0 spiro atoms. The Morgan fingerprint density at radius 1 is 1.39 bits per heavy atom. The lowest BCUT2D eigenvalue weighted by atomic mass is 10.1. The maximum atomic E-state index is 12.5. The summed E-state index contributed by atoms with van der Waals surface area (Å²) in [5.74, 6) is -0.449. The van der Waals surface area contributed by atoms with Crippen molar-refractivity contribution in [3.05, 3.63) is 66.1 Å². The quantitative estimate of drug-likeness (QED) is 0.387. The number of benzene rings is 1. The van der Waals surface area contributed by atoms with Crippen LogP contribution in [0, 0.1) is 24.0 Å². The summed E-state index contributed by atoms with van der Waals surface area (Å²) in [5.41, 5.74) is 1.02. The highest BCUT2D eigenvalue weighted by Crippen LogP contribution is 2.29. The average molecular weight is 420 g/mol. The highest BCUT2D eigenvalue weighted by atomic mass is 35.5. The predicted molar refractivity (Wildman–Crippen MR) is 108 cm³/mol. The van der Waals surface area contributed by atoms with Gasteiger partial charge in [0.15, 0.2) is 5.82 Å². The molecule has 0 atom stereocenters. The van der Waals surface area contributed by atoms with Crippen LogP contribution < -0.4 is 5.56 Å². The van der Waals surface area contributed by atoms with Crippen LogP contribution in [0.25, 0.3) is 21.3 Å². The smallest absolute Gasteiger partial charge is 0.348 e. The zero-order valence-electron chi connectivity index (χ0n) is 15.0. The van der Waals surface area contributed by atoms with Gasteiger partial charge in [0.1, 0.15) is 9.71 Å². The number of halogens is 1. The van der Waals surface area contributed by atoms with Gasteiger partial charge in [-0.2, -0.15) is 0 Å². The Hall–Kier alpha value is -3.04. The molecular formula is C18H14ClN3O5S. The molecule has 0 bridgehead atoms. The predicted octanol–water partition coefficient (Wildman–Crippen LogP) is 4.03. The number of H-pyrrole nitrogens is 1. The number of thiophene rings is 1. The normalized spacial score (nSPS) is 11.6. The number of aryl methyl sites for hydroxylation is 2. The van der Waals surface area contributed by atoms with E-state index in [9.17, 15) is 19.7 Å². The number of carbonyl (C=O) groups excluding carboxylic acids is 1. The number of carbonyl (C=O) groups is 1. The van der Waals surface area contributed by atoms with Crippen molar-refractivity contribution >= 4 is 55.9 Å². The first-order chi connectivity index (χ1) is 13.2. The lowest BCUT2D eigenvalue weighted by molar-refractivity contribution is -0.385. The van der Waals surface area contributed by atoms with Crippen molar-refractivity contribution in [3.63, 3.8) is 0 Å². The van der Waals surface area contributed by atoms with Crippen molar-refractivity contribution in [2.45, 2.75) is 13.8 Å². The molecule has 0 unspecified atom stereocenters. The molecule has 0 radical (unpaired) electrons. The number of fused-ring (bicyclic) bond motifs is 1. The van der Waals surface area contributed by atoms with Crippen LogP contribution in [0.2, 0.25) is 0 Å². The number of ether oxygens (including phenoxy) is 1. The number of hydrogen-bond acceptors (Lipinski definition) is 7. The van der Waals surface area contributed by atoms with Crippen LogP contribution >= 0.6 is 22.9 Å². The number of aromatic nitrogens is 2. The third-order valence-electron chi connectivity index (χ3n) is 4.12. The molecule has 0 aliphatic heterocycles. The number of nitro groups is 1. The Morgan fingerprint density at radius 2 is 2.11 bits per heavy atom. The molecule has 0 saturated heterocycles. The molecule has 144 valence electrons. The topological polar surface area (TPSA) is 115 Å². The Bertz CT molecular complexity index is 1210. The molecule has 10 heteroatoms. The number of nitro benzene ring substituents is 1. The van der Waals surface area contributed by atoms with Crippen LogP contribution in [0.1, 0.15) is 32.2 Å². The van der Waals surface area contributed by atoms with E-state index >= 15 is 0 Å². The van der Waals surface area contributed by atoms with Crippen LogP contribution in [-0.4, -0.2) is 28.0 Å².